The molecule has 0 amide bonds. The van der Waals surface area contributed by atoms with Crippen molar-refractivity contribution >= 4 is 53.7 Å². The van der Waals surface area contributed by atoms with Gasteiger partial charge in [-0.1, -0.05) is 111 Å². The minimum Gasteiger partial charge on any atom is -0.340 e. The molecule has 212 valence electrons. The number of halogens is 2. The van der Waals surface area contributed by atoms with Crippen LogP contribution in [0.1, 0.15) is 47.1 Å². The van der Waals surface area contributed by atoms with Gasteiger partial charge in [0.25, 0.3) is 0 Å². The highest BCUT2D eigenvalue weighted by atomic mass is 79.9. The summed E-state index contributed by atoms with van der Waals surface area (Å²) in [6.45, 7) is 1.03. The van der Waals surface area contributed by atoms with Crippen LogP contribution in [0, 0.1) is 0 Å². The van der Waals surface area contributed by atoms with Crippen LogP contribution in [0.15, 0.2) is 124 Å². The van der Waals surface area contributed by atoms with E-state index in [0.29, 0.717) is 0 Å². The molecule has 6 aromatic rings. The van der Waals surface area contributed by atoms with Crippen molar-refractivity contribution in [3.05, 3.63) is 152 Å². The van der Waals surface area contributed by atoms with Crippen LogP contribution in [0.3, 0.4) is 0 Å². The molecule has 0 N–H and O–H groups in total. The summed E-state index contributed by atoms with van der Waals surface area (Å²) < 4.78 is 4.81. The first kappa shape index (κ1) is 29.0. The number of aromatic nitrogens is 1. The predicted octanol–water partition coefficient (Wildman–Crippen LogP) is 11.3. The fourth-order valence-electron chi connectivity index (χ4n) is 6.25. The van der Waals surface area contributed by atoms with Gasteiger partial charge in [-0.2, -0.15) is 0 Å². The highest BCUT2D eigenvalue weighted by molar-refractivity contribution is 9.10. The molecule has 0 saturated heterocycles. The first-order chi connectivity index (χ1) is 20.6. The first-order valence-corrected chi connectivity index (χ1v) is 16.8. The lowest BCUT2D eigenvalue weighted by atomic mass is 9.95. The number of para-hydroxylation sites is 2. The van der Waals surface area contributed by atoms with E-state index in [2.05, 4.69) is 152 Å². The zero-order valence-corrected chi connectivity index (χ0v) is 27.2. The highest BCUT2D eigenvalue weighted by Gasteiger charge is 2.10. The average Bonchev–Trinajstić information content (AvgIpc) is 3.33. The number of hydrogen-bond acceptors (Lipinski definition) is 0. The van der Waals surface area contributed by atoms with E-state index in [-0.39, 0.29) is 0 Å². The monoisotopic (exact) mass is 677 g/mol. The van der Waals surface area contributed by atoms with Crippen LogP contribution in [-0.2, 0) is 38.6 Å². The van der Waals surface area contributed by atoms with Gasteiger partial charge in [0.2, 0.25) is 0 Å². The summed E-state index contributed by atoms with van der Waals surface area (Å²) >= 11 is 7.12. The third kappa shape index (κ3) is 7.25. The van der Waals surface area contributed by atoms with E-state index in [4.69, 9.17) is 0 Å². The summed E-state index contributed by atoms with van der Waals surface area (Å²) in [7, 11) is 0. The van der Waals surface area contributed by atoms with Gasteiger partial charge in [-0.3, -0.25) is 0 Å². The van der Waals surface area contributed by atoms with Gasteiger partial charge in [-0.25, -0.2) is 0 Å². The van der Waals surface area contributed by atoms with Crippen molar-refractivity contribution in [1.29, 1.82) is 0 Å². The molecular formula is C39H37Br2N. The second-order valence-electron chi connectivity index (χ2n) is 11.4. The molecule has 0 saturated carbocycles. The van der Waals surface area contributed by atoms with E-state index in [1.54, 1.807) is 0 Å². The summed E-state index contributed by atoms with van der Waals surface area (Å²) in [4.78, 5) is 0. The van der Waals surface area contributed by atoms with Gasteiger partial charge < -0.3 is 4.57 Å². The zero-order chi connectivity index (χ0) is 28.7. The Bertz CT molecular complexity index is 1640. The Labute approximate surface area is 266 Å². The van der Waals surface area contributed by atoms with Gasteiger partial charge in [0.1, 0.15) is 0 Å². The molecule has 0 aliphatic rings. The lowest BCUT2D eigenvalue weighted by Gasteiger charge is -2.12. The second kappa shape index (κ2) is 13.9. The smallest absolute Gasteiger partial charge is 0.0491 e. The third-order valence-electron chi connectivity index (χ3n) is 8.33. The van der Waals surface area contributed by atoms with Crippen molar-refractivity contribution in [2.24, 2.45) is 0 Å². The number of benzene rings is 5. The zero-order valence-electron chi connectivity index (χ0n) is 24.0. The quantitative estimate of drug-likeness (QED) is 0.121. The van der Waals surface area contributed by atoms with E-state index in [9.17, 15) is 0 Å². The number of nitrogens with zero attached hydrogens (tertiary/aromatic N) is 1. The van der Waals surface area contributed by atoms with Crippen LogP contribution < -0.4 is 0 Å². The van der Waals surface area contributed by atoms with Crippen LogP contribution in [-0.4, -0.2) is 4.57 Å². The predicted molar refractivity (Wildman–Crippen MR) is 187 cm³/mol. The van der Waals surface area contributed by atoms with Crippen molar-refractivity contribution in [3.63, 3.8) is 0 Å². The summed E-state index contributed by atoms with van der Waals surface area (Å²) in [6, 6.07) is 42.7. The molecule has 5 aromatic carbocycles. The van der Waals surface area contributed by atoms with E-state index in [0.717, 1.165) is 54.0 Å². The van der Waals surface area contributed by atoms with Crippen LogP contribution in [0.25, 0.3) is 21.8 Å². The average molecular weight is 680 g/mol. The molecule has 0 unspecified atom stereocenters. The molecule has 1 heterocycles. The molecule has 1 aromatic heterocycles. The number of hydrogen-bond donors (Lipinski definition) is 0. The maximum Gasteiger partial charge on any atom is 0.0491 e. The number of rotatable bonds is 12. The topological polar surface area (TPSA) is 4.93 Å². The van der Waals surface area contributed by atoms with E-state index in [1.807, 2.05) is 0 Å². The maximum atomic E-state index is 3.56. The number of fused-ring (bicyclic) bond motifs is 3. The molecule has 0 fully saturated rings. The normalized spacial score (nSPS) is 11.5. The van der Waals surface area contributed by atoms with E-state index in [1.165, 1.54) is 62.5 Å². The molecular weight excluding hydrogens is 642 g/mol. The van der Waals surface area contributed by atoms with Gasteiger partial charge in [-0.15, -0.1) is 0 Å². The fraction of sp³-hybridized carbons (Fsp3) is 0.231. The SMILES string of the molecule is Brc1ccc(CCCc2cc(CCCc3ccc(Br)cc3)cc(CCCn3c4ccccc4c4ccccc43)c2)cc1. The van der Waals surface area contributed by atoms with Crippen LogP contribution in [0.5, 0.6) is 0 Å². The summed E-state index contributed by atoms with van der Waals surface area (Å²) in [5, 5.41) is 2.71. The Balaban J connectivity index is 1.15. The Kier molecular flexibility index (Phi) is 9.57. The summed E-state index contributed by atoms with van der Waals surface area (Å²) in [6.07, 6.45) is 9.04. The van der Waals surface area contributed by atoms with E-state index < -0.39 is 0 Å². The van der Waals surface area contributed by atoms with Crippen molar-refractivity contribution in [2.75, 3.05) is 0 Å². The Hall–Kier alpha value is -3.14. The molecule has 6 rings (SSSR count). The molecule has 1 nitrogen and oxygen atoms in total. The Morgan fingerprint density at radius 2 is 0.786 bits per heavy atom. The van der Waals surface area contributed by atoms with Gasteiger partial charge in [0.15, 0.2) is 0 Å². The van der Waals surface area contributed by atoms with Crippen LogP contribution >= 0.6 is 31.9 Å². The van der Waals surface area contributed by atoms with Crippen molar-refractivity contribution < 1.29 is 0 Å². The summed E-state index contributed by atoms with van der Waals surface area (Å²) in [5.74, 6) is 0. The Morgan fingerprint density at radius 3 is 1.24 bits per heavy atom. The van der Waals surface area contributed by atoms with Gasteiger partial charge >= 0.3 is 0 Å². The van der Waals surface area contributed by atoms with Gasteiger partial charge in [-0.05, 0) is 116 Å². The van der Waals surface area contributed by atoms with Crippen molar-refractivity contribution in [2.45, 2.75) is 57.9 Å². The fourth-order valence-corrected chi connectivity index (χ4v) is 6.78. The van der Waals surface area contributed by atoms with Crippen molar-refractivity contribution in [1.82, 2.24) is 4.57 Å². The molecule has 0 aliphatic heterocycles. The second-order valence-corrected chi connectivity index (χ2v) is 13.2. The highest BCUT2D eigenvalue weighted by Crippen LogP contribution is 2.29. The molecule has 3 heteroatoms. The number of aryl methyl sites for hydroxylation is 6. The molecule has 0 aliphatic carbocycles. The van der Waals surface area contributed by atoms with E-state index >= 15 is 0 Å². The maximum absolute atomic E-state index is 3.56. The molecule has 0 spiro atoms. The minimum atomic E-state index is 1.03. The first-order valence-electron chi connectivity index (χ1n) is 15.2. The standard InChI is InChI=1S/C39H37Br2N/c40-34-21-17-29(18-22-34)8-5-10-31-26-32(11-6-9-30-19-23-35(41)24-20-30)28-33(27-31)12-7-25-42-38-15-3-1-13-36(38)37-14-2-4-16-39(37)42/h1-4,13-24,26-28H,5-12,25H2. The van der Waals surface area contributed by atoms with Crippen molar-refractivity contribution in [3.8, 4) is 0 Å². The molecule has 0 bridgehead atoms. The lowest BCUT2D eigenvalue weighted by molar-refractivity contribution is 0.676. The lowest BCUT2D eigenvalue weighted by Crippen LogP contribution is -2.01. The molecule has 0 radical (unpaired) electrons. The third-order valence-corrected chi connectivity index (χ3v) is 9.39. The molecule has 42 heavy (non-hydrogen) atoms. The minimum absolute atomic E-state index is 1.03. The largest absolute Gasteiger partial charge is 0.340 e. The van der Waals surface area contributed by atoms with Crippen LogP contribution in [0.4, 0.5) is 0 Å². The van der Waals surface area contributed by atoms with Gasteiger partial charge in [0.05, 0.1) is 0 Å². The molecule has 0 atom stereocenters. The Morgan fingerprint density at radius 1 is 0.405 bits per heavy atom. The van der Waals surface area contributed by atoms with Gasteiger partial charge in [0, 0.05) is 37.3 Å². The van der Waals surface area contributed by atoms with Crippen LogP contribution in [0.2, 0.25) is 0 Å². The summed E-state index contributed by atoms with van der Waals surface area (Å²) in [5.41, 5.74) is 9.96.